The molecule has 274 valence electrons. The number of imide groups is 2. The van der Waals surface area contributed by atoms with Gasteiger partial charge in [-0.25, -0.2) is 14.6 Å². The summed E-state index contributed by atoms with van der Waals surface area (Å²) in [6.07, 6.45) is 5.52. The Kier molecular flexibility index (Phi) is 8.53. The summed E-state index contributed by atoms with van der Waals surface area (Å²) < 4.78 is 8.03. The number of hydrogen-bond donors (Lipinski definition) is 2. The van der Waals surface area contributed by atoms with Crippen molar-refractivity contribution in [1.82, 2.24) is 34.9 Å². The minimum Gasteiger partial charge on any atom is -0.457 e. The number of nitrogen functional groups attached to an aromatic ring is 1. The first-order valence-electron chi connectivity index (χ1n) is 18.5. The van der Waals surface area contributed by atoms with E-state index >= 15 is 0 Å². The quantitative estimate of drug-likeness (QED) is 0.226. The topological polar surface area (TPSA) is 169 Å². The van der Waals surface area contributed by atoms with Crippen LogP contribution < -0.4 is 20.7 Å². The van der Waals surface area contributed by atoms with Gasteiger partial charge in [-0.2, -0.15) is 5.10 Å². The highest BCUT2D eigenvalue weighted by atomic mass is 16.5. The number of piperidine rings is 3. The summed E-state index contributed by atoms with van der Waals surface area (Å²) in [6, 6.07) is 22.5. The maximum absolute atomic E-state index is 13.4. The first-order chi connectivity index (χ1) is 26.3. The van der Waals surface area contributed by atoms with Crippen molar-refractivity contribution in [1.29, 1.82) is 0 Å². The molecule has 14 nitrogen and oxygen atoms in total. The SMILES string of the molecule is Nc1ncnc2c1c(-c1ccc(Oc3ccccc3)cc1)nn2C1CCN(C2CCN(c3ccc4c(c3)C(=O)N(C3CCC(=O)NC3=O)C4=O)CC2)CC1. The maximum atomic E-state index is 13.4. The number of nitrogens with one attached hydrogen (secondary N) is 1. The van der Waals surface area contributed by atoms with Crippen LogP contribution in [0.4, 0.5) is 11.5 Å². The maximum Gasteiger partial charge on any atom is 0.262 e. The average molecular weight is 726 g/mol. The summed E-state index contributed by atoms with van der Waals surface area (Å²) in [7, 11) is 0. The summed E-state index contributed by atoms with van der Waals surface area (Å²) in [5, 5.41) is 8.10. The number of rotatable bonds is 7. The number of nitrogens with zero attached hydrogens (tertiary/aromatic N) is 7. The molecule has 0 aliphatic carbocycles. The highest BCUT2D eigenvalue weighted by Gasteiger charge is 2.45. The standard InChI is InChI=1S/C40H39N9O5/c41-36-34-35(24-6-9-29(10-7-24)54-28-4-2-1-3-5-28)45-49(37(34)43-23-42-36)26-16-20-46(21-17-26)25-14-18-47(19-15-25)27-8-11-30-31(22-27)40(53)48(39(30)52)32-12-13-33(50)44-38(32)51/h1-11,22-23,25-26,32H,12-21H2,(H2,41,42,43)(H,44,50,51). The lowest BCUT2D eigenvalue weighted by atomic mass is 9.97. The fourth-order valence-corrected chi connectivity index (χ4v) is 8.40. The summed E-state index contributed by atoms with van der Waals surface area (Å²) in [4.78, 5) is 65.4. The fourth-order valence-electron chi connectivity index (χ4n) is 8.40. The van der Waals surface area contributed by atoms with Gasteiger partial charge < -0.3 is 20.3 Å². The Morgan fingerprint density at radius 1 is 0.741 bits per heavy atom. The molecule has 1 atom stereocenters. The first kappa shape index (κ1) is 33.7. The van der Waals surface area contributed by atoms with Crippen molar-refractivity contribution < 1.29 is 23.9 Å². The third-order valence-electron chi connectivity index (χ3n) is 11.2. The van der Waals surface area contributed by atoms with Crippen LogP contribution in [0.25, 0.3) is 22.3 Å². The Morgan fingerprint density at radius 3 is 2.19 bits per heavy atom. The fraction of sp³-hybridized carbons (Fsp3) is 0.325. The number of benzene rings is 3. The van der Waals surface area contributed by atoms with E-state index in [4.69, 9.17) is 15.6 Å². The van der Waals surface area contributed by atoms with E-state index < -0.39 is 29.7 Å². The number of hydrogen-bond acceptors (Lipinski definition) is 11. The molecule has 4 aliphatic rings. The monoisotopic (exact) mass is 725 g/mol. The zero-order valence-electron chi connectivity index (χ0n) is 29.6. The third kappa shape index (κ3) is 6.01. The molecule has 4 amide bonds. The number of nitrogens with two attached hydrogens (primary N) is 1. The molecular formula is C40H39N9O5. The lowest BCUT2D eigenvalue weighted by Gasteiger charge is -2.42. The highest BCUT2D eigenvalue weighted by Crippen LogP contribution is 2.37. The third-order valence-corrected chi connectivity index (χ3v) is 11.2. The Labute approximate surface area is 310 Å². The van der Waals surface area contributed by atoms with E-state index in [0.717, 1.165) is 96.2 Å². The molecule has 2 aromatic heterocycles. The van der Waals surface area contributed by atoms with Gasteiger partial charge in [0, 0.05) is 49.9 Å². The lowest BCUT2D eigenvalue weighted by molar-refractivity contribution is -0.136. The first-order valence-corrected chi connectivity index (χ1v) is 18.5. The van der Waals surface area contributed by atoms with E-state index in [2.05, 4.69) is 25.1 Å². The van der Waals surface area contributed by atoms with Crippen LogP contribution in [0, 0.1) is 0 Å². The van der Waals surface area contributed by atoms with Crippen molar-refractivity contribution in [3.8, 4) is 22.8 Å². The van der Waals surface area contributed by atoms with Gasteiger partial charge in [0.05, 0.1) is 22.6 Å². The van der Waals surface area contributed by atoms with Crippen LogP contribution in [0.15, 0.2) is 79.1 Å². The molecule has 4 aliphatic heterocycles. The summed E-state index contributed by atoms with van der Waals surface area (Å²) >= 11 is 0. The highest BCUT2D eigenvalue weighted by molar-refractivity contribution is 6.23. The minimum atomic E-state index is -0.975. The molecule has 0 bridgehead atoms. The Morgan fingerprint density at radius 2 is 1.44 bits per heavy atom. The number of carbonyl (C=O) groups is 4. The van der Waals surface area contributed by atoms with Crippen LogP contribution in [-0.4, -0.2) is 91.4 Å². The zero-order chi connectivity index (χ0) is 36.9. The molecule has 0 spiro atoms. The Balaban J connectivity index is 0.840. The second-order valence-electron chi connectivity index (χ2n) is 14.4. The van der Waals surface area contributed by atoms with Crippen molar-refractivity contribution in [2.75, 3.05) is 36.8 Å². The van der Waals surface area contributed by atoms with E-state index in [9.17, 15) is 19.2 Å². The number of para-hydroxylation sites is 1. The minimum absolute atomic E-state index is 0.0917. The van der Waals surface area contributed by atoms with Crippen molar-refractivity contribution in [2.45, 2.75) is 56.7 Å². The van der Waals surface area contributed by atoms with Gasteiger partial charge in [-0.3, -0.25) is 29.4 Å². The summed E-state index contributed by atoms with van der Waals surface area (Å²) in [5.41, 5.74) is 10.3. The molecular weight excluding hydrogens is 686 g/mol. The van der Waals surface area contributed by atoms with E-state index in [1.807, 2.05) is 65.3 Å². The smallest absolute Gasteiger partial charge is 0.262 e. The van der Waals surface area contributed by atoms with Crippen molar-refractivity contribution in [2.24, 2.45) is 0 Å². The van der Waals surface area contributed by atoms with Crippen molar-refractivity contribution >= 4 is 46.2 Å². The van der Waals surface area contributed by atoms with E-state index in [1.165, 1.54) is 6.33 Å². The van der Waals surface area contributed by atoms with E-state index in [1.54, 1.807) is 12.1 Å². The van der Waals surface area contributed by atoms with Gasteiger partial charge >= 0.3 is 0 Å². The predicted octanol–water partition coefficient (Wildman–Crippen LogP) is 4.57. The van der Waals surface area contributed by atoms with Gasteiger partial charge in [-0.05, 0) is 86.7 Å². The van der Waals surface area contributed by atoms with Gasteiger partial charge in [-0.15, -0.1) is 0 Å². The number of amides is 4. The summed E-state index contributed by atoms with van der Waals surface area (Å²) in [5.74, 6) is -0.0676. The molecule has 1 unspecified atom stereocenters. The molecule has 6 heterocycles. The normalized spacial score (nSPS) is 20.1. The van der Waals surface area contributed by atoms with Crippen molar-refractivity contribution in [3.05, 3.63) is 90.3 Å². The predicted molar refractivity (Wildman–Crippen MR) is 200 cm³/mol. The Bertz CT molecular complexity index is 2280. The van der Waals surface area contributed by atoms with Gasteiger partial charge in [0.25, 0.3) is 11.8 Å². The van der Waals surface area contributed by atoms with Crippen LogP contribution in [0.1, 0.15) is 65.3 Å². The van der Waals surface area contributed by atoms with Gasteiger partial charge in [0.2, 0.25) is 11.8 Å². The lowest BCUT2D eigenvalue weighted by Crippen LogP contribution is -2.54. The van der Waals surface area contributed by atoms with Crippen molar-refractivity contribution in [3.63, 3.8) is 0 Å². The van der Waals surface area contributed by atoms with Crippen LogP contribution >= 0.6 is 0 Å². The number of aromatic nitrogens is 4. The second kappa shape index (κ2) is 13.7. The van der Waals surface area contributed by atoms with Crippen LogP contribution in [-0.2, 0) is 9.59 Å². The Hall–Kier alpha value is -6.15. The van der Waals surface area contributed by atoms with Gasteiger partial charge in [-0.1, -0.05) is 18.2 Å². The number of carbonyl (C=O) groups excluding carboxylic acids is 4. The zero-order valence-corrected chi connectivity index (χ0v) is 29.6. The molecule has 54 heavy (non-hydrogen) atoms. The van der Waals surface area contributed by atoms with Crippen LogP contribution in [0.3, 0.4) is 0 Å². The second-order valence-corrected chi connectivity index (χ2v) is 14.4. The van der Waals surface area contributed by atoms with E-state index in [-0.39, 0.29) is 18.9 Å². The van der Waals surface area contributed by atoms with Crippen LogP contribution in [0.2, 0.25) is 0 Å². The summed E-state index contributed by atoms with van der Waals surface area (Å²) in [6.45, 7) is 3.51. The number of likely N-dealkylation sites (tertiary alicyclic amines) is 1. The molecule has 5 aromatic rings. The largest absolute Gasteiger partial charge is 0.457 e. The molecule has 0 radical (unpaired) electrons. The molecule has 9 rings (SSSR count). The molecule has 14 heteroatoms. The van der Waals surface area contributed by atoms with Gasteiger partial charge in [0.1, 0.15) is 35.4 Å². The average Bonchev–Trinajstić information content (AvgIpc) is 3.71. The van der Waals surface area contributed by atoms with Crippen LogP contribution in [0.5, 0.6) is 11.5 Å². The number of fused-ring (bicyclic) bond motifs is 2. The molecule has 0 saturated carbocycles. The molecule has 3 fully saturated rings. The van der Waals surface area contributed by atoms with E-state index in [0.29, 0.717) is 23.0 Å². The molecule has 3 aromatic carbocycles. The van der Waals surface area contributed by atoms with Gasteiger partial charge in [0.15, 0.2) is 5.65 Å². The molecule has 3 N–H and O–H groups in total. The number of anilines is 2. The molecule has 3 saturated heterocycles. The number of ether oxygens (including phenoxy) is 1.